The van der Waals surface area contributed by atoms with Gasteiger partial charge in [0.05, 0.1) is 35.8 Å². The molecule has 9 heteroatoms. The van der Waals surface area contributed by atoms with Crippen LogP contribution >= 0.6 is 11.9 Å². The molecule has 0 radical (unpaired) electrons. The Morgan fingerprint density at radius 2 is 2.12 bits per heavy atom. The summed E-state index contributed by atoms with van der Waals surface area (Å²) in [7, 11) is 0. The molecule has 2 aliphatic heterocycles. The average Bonchev–Trinajstić information content (AvgIpc) is 3.39. The monoisotopic (exact) mass is 389 g/mol. The average molecular weight is 389 g/mol. The second-order valence-corrected chi connectivity index (χ2v) is 7.86. The van der Waals surface area contributed by atoms with Crippen LogP contribution in [0.15, 0.2) is 22.0 Å². The molecule has 0 spiro atoms. The molecule has 1 saturated heterocycles. The lowest BCUT2D eigenvalue weighted by Crippen LogP contribution is -2.50. The molecule has 4 nitrogen and oxygen atoms in total. The molecule has 1 aromatic carbocycles. The zero-order chi connectivity index (χ0) is 18.5. The molecule has 4 rings (SSSR count). The molecule has 26 heavy (non-hydrogen) atoms. The molecule has 1 saturated carbocycles. The number of benzene rings is 1. The Kier molecular flexibility index (Phi) is 4.54. The van der Waals surface area contributed by atoms with E-state index in [2.05, 4.69) is 9.71 Å². The molecular weight excluding hydrogens is 370 g/mol. The van der Waals surface area contributed by atoms with E-state index in [0.29, 0.717) is 22.2 Å². The Bertz CT molecular complexity index is 735. The summed E-state index contributed by atoms with van der Waals surface area (Å²) in [5.74, 6) is 0.704. The lowest BCUT2D eigenvalue weighted by atomic mass is 10.1. The smallest absolute Gasteiger partial charge is 0.375 e. The first-order valence-corrected chi connectivity index (χ1v) is 9.42. The van der Waals surface area contributed by atoms with Gasteiger partial charge in [-0.05, 0) is 43.8 Å². The van der Waals surface area contributed by atoms with Gasteiger partial charge in [-0.3, -0.25) is 0 Å². The van der Waals surface area contributed by atoms with E-state index < -0.39 is 24.5 Å². The van der Waals surface area contributed by atoms with Crippen molar-refractivity contribution in [3.8, 4) is 0 Å². The lowest BCUT2D eigenvalue weighted by molar-refractivity contribution is -0.145. The molecule has 0 aromatic heterocycles. The normalized spacial score (nSPS) is 26.2. The van der Waals surface area contributed by atoms with Crippen molar-refractivity contribution in [1.29, 1.82) is 0 Å². The number of anilines is 1. The highest BCUT2D eigenvalue weighted by Crippen LogP contribution is 2.45. The number of rotatable bonds is 3. The number of aliphatic imine (C=N–C) groups is 1. The lowest BCUT2D eigenvalue weighted by Gasteiger charge is -2.41. The minimum absolute atomic E-state index is 0.0451. The van der Waals surface area contributed by atoms with Gasteiger partial charge in [0.2, 0.25) is 0 Å². The number of alkyl halides is 3. The third kappa shape index (κ3) is 3.78. The molecule has 0 bridgehead atoms. The Balaban J connectivity index is 1.74. The van der Waals surface area contributed by atoms with Crippen LogP contribution in [0.3, 0.4) is 0 Å². The minimum atomic E-state index is -4.32. The predicted molar refractivity (Wildman–Crippen MR) is 92.4 cm³/mol. The van der Waals surface area contributed by atoms with Gasteiger partial charge in [0.15, 0.2) is 0 Å². The number of hydrogen-bond acceptors (Lipinski definition) is 5. The van der Waals surface area contributed by atoms with Gasteiger partial charge in [-0.1, -0.05) is 0 Å². The molecule has 0 unspecified atom stereocenters. The predicted octanol–water partition coefficient (Wildman–Crippen LogP) is 4.42. The first kappa shape index (κ1) is 17.9. The maximum Gasteiger partial charge on any atom is 0.391 e. The van der Waals surface area contributed by atoms with Crippen molar-refractivity contribution >= 4 is 29.2 Å². The van der Waals surface area contributed by atoms with Gasteiger partial charge in [0.25, 0.3) is 0 Å². The maximum atomic E-state index is 14.2. The van der Waals surface area contributed by atoms with Crippen molar-refractivity contribution in [3.05, 3.63) is 17.9 Å². The summed E-state index contributed by atoms with van der Waals surface area (Å²) in [5.41, 5.74) is 0.967. The van der Waals surface area contributed by atoms with Crippen molar-refractivity contribution in [2.45, 2.75) is 49.4 Å². The van der Waals surface area contributed by atoms with Crippen LogP contribution < -0.4 is 9.62 Å². The second-order valence-electron chi connectivity index (χ2n) is 7.02. The number of amidine groups is 1. The van der Waals surface area contributed by atoms with Crippen LogP contribution in [-0.4, -0.2) is 37.3 Å². The van der Waals surface area contributed by atoms with E-state index in [1.54, 1.807) is 11.8 Å². The maximum absolute atomic E-state index is 14.2. The summed E-state index contributed by atoms with van der Waals surface area (Å²) in [4.78, 5) is 6.84. The largest absolute Gasteiger partial charge is 0.391 e. The molecule has 2 atom stereocenters. The highest BCUT2D eigenvalue weighted by atomic mass is 32.2. The Labute approximate surface area is 153 Å². The summed E-state index contributed by atoms with van der Waals surface area (Å²) in [6.07, 6.45) is -3.47. The first-order valence-electron chi connectivity index (χ1n) is 8.60. The molecule has 2 heterocycles. The minimum Gasteiger partial charge on any atom is -0.375 e. The molecule has 0 amide bonds. The van der Waals surface area contributed by atoms with Gasteiger partial charge in [0.1, 0.15) is 17.3 Å². The van der Waals surface area contributed by atoms with Crippen LogP contribution in [0.4, 0.5) is 28.9 Å². The van der Waals surface area contributed by atoms with E-state index in [0.717, 1.165) is 18.7 Å². The molecule has 3 aliphatic rings. The van der Waals surface area contributed by atoms with Crippen molar-refractivity contribution < 1.29 is 22.3 Å². The van der Waals surface area contributed by atoms with E-state index in [4.69, 9.17) is 4.74 Å². The summed E-state index contributed by atoms with van der Waals surface area (Å²) in [6, 6.07) is 1.77. The van der Waals surface area contributed by atoms with Gasteiger partial charge in [-0.2, -0.15) is 13.2 Å². The van der Waals surface area contributed by atoms with Crippen molar-refractivity contribution in [2.24, 2.45) is 10.9 Å². The van der Waals surface area contributed by atoms with E-state index in [-0.39, 0.29) is 19.3 Å². The highest BCUT2D eigenvalue weighted by Gasteiger charge is 2.39. The van der Waals surface area contributed by atoms with Crippen LogP contribution in [0.1, 0.15) is 26.2 Å². The number of morpholine rings is 1. The number of nitrogens with one attached hydrogen (secondary N) is 1. The van der Waals surface area contributed by atoms with Crippen LogP contribution in [0.25, 0.3) is 0 Å². The van der Waals surface area contributed by atoms with Crippen molar-refractivity contribution in [3.63, 3.8) is 0 Å². The first-order chi connectivity index (χ1) is 12.3. The van der Waals surface area contributed by atoms with Gasteiger partial charge >= 0.3 is 6.18 Å². The van der Waals surface area contributed by atoms with Gasteiger partial charge in [0, 0.05) is 12.5 Å². The van der Waals surface area contributed by atoms with E-state index >= 15 is 0 Å². The van der Waals surface area contributed by atoms with Crippen molar-refractivity contribution in [2.75, 3.05) is 18.1 Å². The molecule has 2 fully saturated rings. The molecule has 1 aromatic rings. The Morgan fingerprint density at radius 1 is 1.35 bits per heavy atom. The zero-order valence-electron chi connectivity index (χ0n) is 14.1. The summed E-state index contributed by atoms with van der Waals surface area (Å²) in [6.45, 7) is 2.03. The Morgan fingerprint density at radius 3 is 2.81 bits per heavy atom. The topological polar surface area (TPSA) is 36.9 Å². The number of fused-ring (bicyclic) bond motifs is 1. The van der Waals surface area contributed by atoms with Crippen LogP contribution in [-0.2, 0) is 4.74 Å². The highest BCUT2D eigenvalue weighted by molar-refractivity contribution is 7.98. The van der Waals surface area contributed by atoms with E-state index in [1.807, 2.05) is 0 Å². The third-order valence-corrected chi connectivity index (χ3v) is 5.57. The van der Waals surface area contributed by atoms with Crippen LogP contribution in [0.2, 0.25) is 0 Å². The van der Waals surface area contributed by atoms with Crippen molar-refractivity contribution in [1.82, 2.24) is 4.72 Å². The fraction of sp³-hybridized carbons (Fsp3) is 0.588. The number of ether oxygens (including phenoxy) is 1. The van der Waals surface area contributed by atoms with E-state index in [1.165, 1.54) is 24.1 Å². The van der Waals surface area contributed by atoms with Gasteiger partial charge < -0.3 is 14.4 Å². The summed E-state index contributed by atoms with van der Waals surface area (Å²) in [5, 5.41) is 0. The summed E-state index contributed by atoms with van der Waals surface area (Å²) < 4.78 is 61.8. The SMILES string of the molecule is C[C@H]1CN(c2cc(F)cc3c2N=C(C2CC2)NS3)[C@@H](CC(F)(F)F)CO1. The zero-order valence-corrected chi connectivity index (χ0v) is 15.0. The summed E-state index contributed by atoms with van der Waals surface area (Å²) >= 11 is 1.27. The quantitative estimate of drug-likeness (QED) is 0.613. The standard InChI is InChI=1S/C17H19F4N3OS/c1-9-7-24(12(8-25-9)6-17(19,20)21)13-4-11(18)5-14-15(13)22-16(23-26-14)10-2-3-10/h4-5,9-10,12H,2-3,6-8H2,1H3,(H,22,23)/t9-,12-/m0/s1. The fourth-order valence-electron chi connectivity index (χ4n) is 3.33. The number of hydrogen-bond donors (Lipinski definition) is 1. The van der Waals surface area contributed by atoms with Gasteiger partial charge in [-0.25, -0.2) is 9.38 Å². The van der Waals surface area contributed by atoms with Gasteiger partial charge in [-0.15, -0.1) is 0 Å². The fourth-order valence-corrected chi connectivity index (χ4v) is 4.17. The molecular formula is C17H19F4N3OS. The molecule has 142 valence electrons. The molecule has 1 N–H and O–H groups in total. The Hall–Kier alpha value is -1.48. The second kappa shape index (κ2) is 6.60. The van der Waals surface area contributed by atoms with E-state index in [9.17, 15) is 17.6 Å². The van der Waals surface area contributed by atoms with Crippen LogP contribution in [0, 0.1) is 11.7 Å². The van der Waals surface area contributed by atoms with Crippen LogP contribution in [0.5, 0.6) is 0 Å². The number of nitrogens with zero attached hydrogens (tertiary/aromatic N) is 2. The number of halogens is 4. The molecule has 1 aliphatic carbocycles. The third-order valence-electron chi connectivity index (χ3n) is 4.73.